The standard InChI is InChI=1S/C22H32O4/c1-3-4-5-6-7-8-9-10-11-16-19-22(2,21(24)25)18-15-13-12-14-17(18)20(23)26-19/h12-15,19H,3-11,16H2,1-2H3,(H,24,25). The van der Waals surface area contributed by atoms with Gasteiger partial charge < -0.3 is 9.84 Å². The largest absolute Gasteiger partial charge is 0.480 e. The molecule has 0 saturated carbocycles. The SMILES string of the molecule is CCCCCCCCCCCC1OC(=O)c2ccccc2C1(C)C(=O)O. The first-order valence-electron chi connectivity index (χ1n) is 10.1. The van der Waals surface area contributed by atoms with E-state index in [0.29, 0.717) is 17.5 Å². The number of carboxylic acid groups (broad SMARTS) is 1. The molecule has 0 amide bonds. The molecular formula is C22H32O4. The van der Waals surface area contributed by atoms with Crippen LogP contribution in [0.15, 0.2) is 24.3 Å². The van der Waals surface area contributed by atoms with Crippen molar-refractivity contribution < 1.29 is 19.4 Å². The smallest absolute Gasteiger partial charge is 0.338 e. The van der Waals surface area contributed by atoms with Gasteiger partial charge in [-0.2, -0.15) is 0 Å². The topological polar surface area (TPSA) is 63.6 Å². The summed E-state index contributed by atoms with van der Waals surface area (Å²) in [4.78, 5) is 24.3. The summed E-state index contributed by atoms with van der Waals surface area (Å²) in [7, 11) is 0. The molecule has 1 heterocycles. The van der Waals surface area contributed by atoms with E-state index in [0.717, 1.165) is 19.3 Å². The molecule has 26 heavy (non-hydrogen) atoms. The Morgan fingerprint density at radius 2 is 1.62 bits per heavy atom. The van der Waals surface area contributed by atoms with E-state index < -0.39 is 23.5 Å². The fourth-order valence-electron chi connectivity index (χ4n) is 3.84. The number of carbonyl (C=O) groups excluding carboxylic acids is 1. The second-order valence-electron chi connectivity index (χ2n) is 7.56. The fraction of sp³-hybridized carbons (Fsp3) is 0.636. The van der Waals surface area contributed by atoms with Gasteiger partial charge in [-0.05, 0) is 31.4 Å². The van der Waals surface area contributed by atoms with Crippen LogP contribution in [0, 0.1) is 0 Å². The van der Waals surface area contributed by atoms with Crippen LogP contribution in [0.3, 0.4) is 0 Å². The van der Waals surface area contributed by atoms with Gasteiger partial charge in [-0.15, -0.1) is 0 Å². The Bertz CT molecular complexity index is 610. The quantitative estimate of drug-likeness (QED) is 0.419. The highest BCUT2D eigenvalue weighted by atomic mass is 16.5. The van der Waals surface area contributed by atoms with Crippen molar-refractivity contribution in [1.29, 1.82) is 0 Å². The van der Waals surface area contributed by atoms with Crippen LogP contribution in [-0.4, -0.2) is 23.1 Å². The molecule has 0 radical (unpaired) electrons. The zero-order valence-corrected chi connectivity index (χ0v) is 16.1. The maximum Gasteiger partial charge on any atom is 0.338 e. The third-order valence-corrected chi connectivity index (χ3v) is 5.61. The first-order valence-corrected chi connectivity index (χ1v) is 10.1. The molecular weight excluding hydrogens is 328 g/mol. The lowest BCUT2D eigenvalue weighted by Crippen LogP contribution is -2.50. The zero-order chi connectivity index (χ0) is 19.0. The summed E-state index contributed by atoms with van der Waals surface area (Å²) in [5.74, 6) is -1.33. The highest BCUT2D eigenvalue weighted by Gasteiger charge is 2.50. The molecule has 1 N–H and O–H groups in total. The molecule has 1 aromatic carbocycles. The summed E-state index contributed by atoms with van der Waals surface area (Å²) in [6.45, 7) is 3.90. The van der Waals surface area contributed by atoms with Gasteiger partial charge in [-0.25, -0.2) is 4.79 Å². The molecule has 0 saturated heterocycles. The highest BCUT2D eigenvalue weighted by molar-refractivity contribution is 5.97. The highest BCUT2D eigenvalue weighted by Crippen LogP contribution is 2.39. The van der Waals surface area contributed by atoms with Gasteiger partial charge in [0.25, 0.3) is 0 Å². The molecule has 2 rings (SSSR count). The number of esters is 1. The Morgan fingerprint density at radius 1 is 1.04 bits per heavy atom. The average Bonchev–Trinajstić information content (AvgIpc) is 2.64. The number of rotatable bonds is 11. The average molecular weight is 360 g/mol. The summed E-state index contributed by atoms with van der Waals surface area (Å²) >= 11 is 0. The van der Waals surface area contributed by atoms with Gasteiger partial charge in [0, 0.05) is 0 Å². The van der Waals surface area contributed by atoms with Crippen LogP contribution in [0.1, 0.15) is 94.0 Å². The molecule has 0 bridgehead atoms. The number of carbonyl (C=O) groups is 2. The molecule has 0 spiro atoms. The second-order valence-corrected chi connectivity index (χ2v) is 7.56. The van der Waals surface area contributed by atoms with Crippen molar-refractivity contribution >= 4 is 11.9 Å². The van der Waals surface area contributed by atoms with E-state index in [-0.39, 0.29) is 0 Å². The Hall–Kier alpha value is -1.84. The van der Waals surface area contributed by atoms with Crippen LogP contribution >= 0.6 is 0 Å². The third kappa shape index (κ3) is 4.66. The first-order chi connectivity index (χ1) is 12.5. The minimum atomic E-state index is -1.18. The van der Waals surface area contributed by atoms with Crippen molar-refractivity contribution in [2.45, 2.75) is 89.6 Å². The number of unbranched alkanes of at least 4 members (excludes halogenated alkanes) is 8. The molecule has 4 heteroatoms. The summed E-state index contributed by atoms with van der Waals surface area (Å²) < 4.78 is 5.54. The number of hydrogen-bond acceptors (Lipinski definition) is 3. The minimum absolute atomic E-state index is 0.376. The van der Waals surface area contributed by atoms with Crippen LogP contribution in [0.25, 0.3) is 0 Å². The summed E-state index contributed by atoms with van der Waals surface area (Å²) in [5, 5.41) is 9.85. The van der Waals surface area contributed by atoms with E-state index in [1.165, 1.54) is 38.5 Å². The van der Waals surface area contributed by atoms with Gasteiger partial charge >= 0.3 is 11.9 Å². The number of fused-ring (bicyclic) bond motifs is 1. The monoisotopic (exact) mass is 360 g/mol. The molecule has 4 nitrogen and oxygen atoms in total. The molecule has 0 aliphatic carbocycles. The van der Waals surface area contributed by atoms with Crippen LogP contribution in [0.2, 0.25) is 0 Å². The molecule has 1 aliphatic heterocycles. The predicted molar refractivity (Wildman–Crippen MR) is 102 cm³/mol. The van der Waals surface area contributed by atoms with Gasteiger partial charge in [-0.1, -0.05) is 76.5 Å². The molecule has 144 valence electrons. The maximum atomic E-state index is 12.3. The van der Waals surface area contributed by atoms with E-state index in [9.17, 15) is 14.7 Å². The van der Waals surface area contributed by atoms with Crippen molar-refractivity contribution in [2.24, 2.45) is 0 Å². The minimum Gasteiger partial charge on any atom is -0.480 e. The number of benzene rings is 1. The Labute approximate surface area is 156 Å². The number of carboxylic acids is 1. The van der Waals surface area contributed by atoms with E-state index >= 15 is 0 Å². The van der Waals surface area contributed by atoms with Crippen molar-refractivity contribution in [1.82, 2.24) is 0 Å². The third-order valence-electron chi connectivity index (χ3n) is 5.61. The van der Waals surface area contributed by atoms with Gasteiger partial charge in [0.1, 0.15) is 11.5 Å². The fourth-order valence-corrected chi connectivity index (χ4v) is 3.84. The van der Waals surface area contributed by atoms with Crippen molar-refractivity contribution in [3.63, 3.8) is 0 Å². The van der Waals surface area contributed by atoms with Crippen LogP contribution < -0.4 is 0 Å². The number of hydrogen-bond donors (Lipinski definition) is 1. The van der Waals surface area contributed by atoms with Crippen molar-refractivity contribution in [2.75, 3.05) is 0 Å². The first kappa shape index (κ1) is 20.5. The van der Waals surface area contributed by atoms with Gasteiger partial charge in [0.05, 0.1) is 5.56 Å². The lowest BCUT2D eigenvalue weighted by molar-refractivity contribution is -0.149. The number of cyclic esters (lactones) is 1. The predicted octanol–water partition coefficient (Wildman–Crippen LogP) is 5.49. The lowest BCUT2D eigenvalue weighted by Gasteiger charge is -2.38. The van der Waals surface area contributed by atoms with E-state index in [4.69, 9.17) is 4.74 Å². The zero-order valence-electron chi connectivity index (χ0n) is 16.1. The van der Waals surface area contributed by atoms with Gasteiger partial charge in [0.15, 0.2) is 0 Å². The van der Waals surface area contributed by atoms with Gasteiger partial charge in [0.2, 0.25) is 0 Å². The molecule has 0 aromatic heterocycles. The Morgan fingerprint density at radius 3 is 2.23 bits per heavy atom. The van der Waals surface area contributed by atoms with Gasteiger partial charge in [-0.3, -0.25) is 4.79 Å². The summed E-state index contributed by atoms with van der Waals surface area (Å²) in [6.07, 6.45) is 10.8. The second kappa shape index (κ2) is 9.75. The van der Waals surface area contributed by atoms with E-state index in [2.05, 4.69) is 6.92 Å². The number of aliphatic carboxylic acids is 1. The van der Waals surface area contributed by atoms with Crippen LogP contribution in [-0.2, 0) is 14.9 Å². The molecule has 1 aromatic rings. The van der Waals surface area contributed by atoms with Crippen molar-refractivity contribution in [3.8, 4) is 0 Å². The molecule has 1 aliphatic rings. The Kier molecular flexibility index (Phi) is 7.67. The van der Waals surface area contributed by atoms with Crippen molar-refractivity contribution in [3.05, 3.63) is 35.4 Å². The normalized spacial score (nSPS) is 21.9. The Balaban J connectivity index is 1.87. The van der Waals surface area contributed by atoms with E-state index in [1.807, 2.05) is 0 Å². The lowest BCUT2D eigenvalue weighted by atomic mass is 9.72. The van der Waals surface area contributed by atoms with E-state index in [1.54, 1.807) is 31.2 Å². The van der Waals surface area contributed by atoms with Crippen LogP contribution in [0.5, 0.6) is 0 Å². The molecule has 0 fully saturated rings. The molecule has 2 atom stereocenters. The number of ether oxygens (including phenoxy) is 1. The summed E-state index contributed by atoms with van der Waals surface area (Å²) in [5.41, 5.74) is -0.226. The molecule has 2 unspecified atom stereocenters. The summed E-state index contributed by atoms with van der Waals surface area (Å²) in [6, 6.07) is 6.91. The van der Waals surface area contributed by atoms with Crippen LogP contribution in [0.4, 0.5) is 0 Å². The maximum absolute atomic E-state index is 12.3.